The van der Waals surface area contributed by atoms with Crippen LogP contribution in [0.5, 0.6) is 5.75 Å². The van der Waals surface area contributed by atoms with Gasteiger partial charge in [-0.1, -0.05) is 12.1 Å². The molecule has 0 saturated heterocycles. The van der Waals surface area contributed by atoms with Crippen LogP contribution in [0, 0.1) is 0 Å². The van der Waals surface area contributed by atoms with Crippen molar-refractivity contribution in [1.82, 2.24) is 5.32 Å². The van der Waals surface area contributed by atoms with Gasteiger partial charge in [-0.2, -0.15) is 0 Å². The second-order valence-electron chi connectivity index (χ2n) is 6.24. The molecule has 27 heavy (non-hydrogen) atoms. The normalized spacial score (nSPS) is 13.1. The largest absolute Gasteiger partial charge is 0.492 e. The Morgan fingerprint density at radius 2 is 2.11 bits per heavy atom. The first-order valence-corrected chi connectivity index (χ1v) is 9.41. The number of hydrogen-bond donors (Lipinski definition) is 2. The molecule has 2 aromatic carbocycles. The number of aryl methyl sites for hydroxylation is 1. The van der Waals surface area contributed by atoms with Crippen molar-refractivity contribution in [3.63, 3.8) is 0 Å². The van der Waals surface area contributed by atoms with Crippen LogP contribution in [0.15, 0.2) is 51.4 Å². The second kappa shape index (κ2) is 7.44. The molecule has 138 valence electrons. The highest BCUT2D eigenvalue weighted by Gasteiger charge is 2.15. The summed E-state index contributed by atoms with van der Waals surface area (Å²) in [6.07, 6.45) is 1.19. The molecule has 0 fully saturated rings. The minimum Gasteiger partial charge on any atom is -0.492 e. The molecular formula is C20H17BrN2O4. The maximum atomic E-state index is 12.2. The summed E-state index contributed by atoms with van der Waals surface area (Å²) < 4.78 is 12.1. The van der Waals surface area contributed by atoms with E-state index in [-0.39, 0.29) is 17.6 Å². The third-order valence-electron chi connectivity index (χ3n) is 4.35. The van der Waals surface area contributed by atoms with Gasteiger partial charge in [0.15, 0.2) is 5.76 Å². The van der Waals surface area contributed by atoms with Gasteiger partial charge < -0.3 is 19.8 Å². The van der Waals surface area contributed by atoms with Crippen LogP contribution < -0.4 is 15.4 Å². The van der Waals surface area contributed by atoms with E-state index in [4.69, 9.17) is 9.15 Å². The van der Waals surface area contributed by atoms with Gasteiger partial charge in [0.1, 0.15) is 17.9 Å². The molecule has 1 aromatic heterocycles. The highest BCUT2D eigenvalue weighted by Crippen LogP contribution is 2.27. The fourth-order valence-corrected chi connectivity index (χ4v) is 3.47. The Morgan fingerprint density at radius 1 is 1.22 bits per heavy atom. The second-order valence-corrected chi connectivity index (χ2v) is 7.09. The van der Waals surface area contributed by atoms with E-state index in [2.05, 4.69) is 26.6 Å². The van der Waals surface area contributed by atoms with E-state index in [0.29, 0.717) is 37.3 Å². The number of carbonyl (C=O) groups is 2. The lowest BCUT2D eigenvalue weighted by molar-refractivity contribution is -0.116. The first-order chi connectivity index (χ1) is 13.1. The number of carbonyl (C=O) groups excluding carboxylic acids is 2. The maximum absolute atomic E-state index is 12.2. The predicted octanol–water partition coefficient (Wildman–Crippen LogP) is 3.89. The summed E-state index contributed by atoms with van der Waals surface area (Å²) in [5, 5.41) is 6.49. The molecule has 0 radical (unpaired) electrons. The maximum Gasteiger partial charge on any atom is 0.287 e. The monoisotopic (exact) mass is 428 g/mol. The van der Waals surface area contributed by atoms with Crippen molar-refractivity contribution >= 4 is 44.4 Å². The molecule has 1 aliphatic rings. The number of benzene rings is 2. The van der Waals surface area contributed by atoms with Gasteiger partial charge in [0.2, 0.25) is 5.91 Å². The van der Waals surface area contributed by atoms with E-state index in [1.165, 1.54) is 0 Å². The molecule has 2 amide bonds. The third-order valence-corrected chi connectivity index (χ3v) is 4.97. The van der Waals surface area contributed by atoms with Gasteiger partial charge in [-0.25, -0.2) is 0 Å². The van der Waals surface area contributed by atoms with E-state index in [1.807, 2.05) is 36.4 Å². The zero-order chi connectivity index (χ0) is 18.8. The molecule has 0 spiro atoms. The van der Waals surface area contributed by atoms with Crippen LogP contribution in [0.4, 0.5) is 5.69 Å². The predicted molar refractivity (Wildman–Crippen MR) is 105 cm³/mol. The molecule has 2 N–H and O–H groups in total. The number of nitrogens with one attached hydrogen (secondary N) is 2. The van der Waals surface area contributed by atoms with E-state index < -0.39 is 0 Å². The van der Waals surface area contributed by atoms with Crippen molar-refractivity contribution in [2.45, 2.75) is 12.8 Å². The van der Waals surface area contributed by atoms with E-state index >= 15 is 0 Å². The number of hydrogen-bond acceptors (Lipinski definition) is 4. The average molecular weight is 429 g/mol. The Bertz CT molecular complexity index is 1030. The first kappa shape index (κ1) is 17.6. The van der Waals surface area contributed by atoms with Gasteiger partial charge in [-0.3, -0.25) is 9.59 Å². The molecule has 7 heteroatoms. The Morgan fingerprint density at radius 3 is 2.96 bits per heavy atom. The fraction of sp³-hybridized carbons (Fsp3) is 0.200. The number of rotatable bonds is 5. The summed E-state index contributed by atoms with van der Waals surface area (Å²) >= 11 is 3.41. The molecule has 0 atom stereocenters. The fourth-order valence-electron chi connectivity index (χ4n) is 3.01. The number of ether oxygens (including phenoxy) is 1. The Hall–Kier alpha value is -2.80. The van der Waals surface area contributed by atoms with Crippen LogP contribution in [0.3, 0.4) is 0 Å². The van der Waals surface area contributed by atoms with Crippen LogP contribution in [-0.4, -0.2) is 25.0 Å². The lowest BCUT2D eigenvalue weighted by atomic mass is 10.0. The standard InChI is InChI=1S/C20H17BrN2O4/c21-15-3-1-2-13-11-17(27-19(13)15)20(25)22-8-9-26-14-5-6-16-12(10-14)4-7-18(24)23-16/h1-3,5-6,10-11H,4,7-9H2,(H,22,25)(H,23,24). The first-order valence-electron chi connectivity index (χ1n) is 8.62. The highest BCUT2D eigenvalue weighted by atomic mass is 79.9. The summed E-state index contributed by atoms with van der Waals surface area (Å²) in [7, 11) is 0. The summed E-state index contributed by atoms with van der Waals surface area (Å²) in [4.78, 5) is 23.6. The summed E-state index contributed by atoms with van der Waals surface area (Å²) in [6.45, 7) is 0.686. The molecule has 0 aliphatic carbocycles. The van der Waals surface area contributed by atoms with Gasteiger partial charge in [-0.15, -0.1) is 0 Å². The molecule has 0 unspecified atom stereocenters. The van der Waals surface area contributed by atoms with Gasteiger partial charge in [0, 0.05) is 17.5 Å². The topological polar surface area (TPSA) is 80.6 Å². The van der Waals surface area contributed by atoms with Gasteiger partial charge in [0.05, 0.1) is 11.0 Å². The molecule has 4 rings (SSSR count). The highest BCUT2D eigenvalue weighted by molar-refractivity contribution is 9.10. The van der Waals surface area contributed by atoms with Gasteiger partial charge in [-0.05, 0) is 58.2 Å². The third kappa shape index (κ3) is 3.83. The van der Waals surface area contributed by atoms with E-state index in [9.17, 15) is 9.59 Å². The number of furan rings is 1. The quantitative estimate of drug-likeness (QED) is 0.604. The van der Waals surface area contributed by atoms with Crippen LogP contribution in [0.1, 0.15) is 22.5 Å². The Balaban J connectivity index is 1.31. The Kier molecular flexibility index (Phi) is 4.85. The summed E-state index contributed by atoms with van der Waals surface area (Å²) in [5.41, 5.74) is 2.55. The van der Waals surface area contributed by atoms with E-state index in [0.717, 1.165) is 21.1 Å². The Labute approximate surface area is 164 Å². The summed E-state index contributed by atoms with van der Waals surface area (Å²) in [6, 6.07) is 12.9. The smallest absolute Gasteiger partial charge is 0.287 e. The zero-order valence-electron chi connectivity index (χ0n) is 14.4. The van der Waals surface area contributed by atoms with Crippen molar-refractivity contribution in [2.75, 3.05) is 18.5 Å². The van der Waals surface area contributed by atoms with Gasteiger partial charge >= 0.3 is 0 Å². The van der Waals surface area contributed by atoms with Crippen molar-refractivity contribution in [3.05, 3.63) is 58.3 Å². The van der Waals surface area contributed by atoms with Crippen molar-refractivity contribution in [2.24, 2.45) is 0 Å². The number of para-hydroxylation sites is 1. The molecule has 0 bridgehead atoms. The molecular weight excluding hydrogens is 412 g/mol. The van der Waals surface area contributed by atoms with E-state index in [1.54, 1.807) is 6.07 Å². The summed E-state index contributed by atoms with van der Waals surface area (Å²) in [5.74, 6) is 0.736. The average Bonchev–Trinajstić information content (AvgIpc) is 3.11. The zero-order valence-corrected chi connectivity index (χ0v) is 16.0. The minimum atomic E-state index is -0.283. The lowest BCUT2D eigenvalue weighted by Crippen LogP contribution is -2.27. The molecule has 6 nitrogen and oxygen atoms in total. The SMILES string of the molecule is O=C1CCc2cc(OCCNC(=O)c3cc4cccc(Br)c4o3)ccc2N1. The van der Waals surface area contributed by atoms with Crippen LogP contribution in [-0.2, 0) is 11.2 Å². The minimum absolute atomic E-state index is 0.0384. The molecule has 0 saturated carbocycles. The van der Waals surface area contributed by atoms with Gasteiger partial charge in [0.25, 0.3) is 5.91 Å². The van der Waals surface area contributed by atoms with Crippen molar-refractivity contribution in [1.29, 1.82) is 0 Å². The number of halogens is 1. The van der Waals surface area contributed by atoms with Crippen LogP contribution >= 0.6 is 15.9 Å². The number of fused-ring (bicyclic) bond motifs is 2. The number of amides is 2. The lowest BCUT2D eigenvalue weighted by Gasteiger charge is -2.17. The molecule has 3 aromatic rings. The van der Waals surface area contributed by atoms with Crippen molar-refractivity contribution in [3.8, 4) is 5.75 Å². The van der Waals surface area contributed by atoms with Crippen LogP contribution in [0.25, 0.3) is 11.0 Å². The molecule has 1 aliphatic heterocycles. The van der Waals surface area contributed by atoms with Crippen LogP contribution in [0.2, 0.25) is 0 Å². The number of anilines is 1. The van der Waals surface area contributed by atoms with Crippen molar-refractivity contribution < 1.29 is 18.7 Å². The molecule has 2 heterocycles.